The van der Waals surface area contributed by atoms with E-state index in [4.69, 9.17) is 4.74 Å². The van der Waals surface area contributed by atoms with Crippen LogP contribution in [-0.4, -0.2) is 73.7 Å². The van der Waals surface area contributed by atoms with Crippen LogP contribution in [0.15, 0.2) is 0 Å². The third kappa shape index (κ3) is 3.81. The Morgan fingerprint density at radius 3 is 2.59 bits per heavy atom. The Kier molecular flexibility index (Phi) is 5.37. The maximum absolute atomic E-state index is 12.6. The average Bonchev–Trinajstić information content (AvgIpc) is 2.84. The number of ether oxygens (including phenoxy) is 1. The van der Waals surface area contributed by atoms with Gasteiger partial charge in [0.15, 0.2) is 0 Å². The molecule has 3 atom stereocenters. The summed E-state index contributed by atoms with van der Waals surface area (Å²) < 4.78 is 5.17. The molecule has 3 saturated heterocycles. The normalized spacial score (nSPS) is 35.8. The molecule has 1 amide bonds. The van der Waals surface area contributed by atoms with E-state index in [1.807, 2.05) is 0 Å². The fraction of sp³-hybridized carbons (Fsp3) is 0.941. The highest BCUT2D eigenvalue weighted by molar-refractivity contribution is 5.76. The van der Waals surface area contributed by atoms with Crippen molar-refractivity contribution in [3.8, 4) is 0 Å². The van der Waals surface area contributed by atoms with E-state index in [9.17, 15) is 4.79 Å². The molecule has 3 fully saturated rings. The lowest BCUT2D eigenvalue weighted by Gasteiger charge is -2.40. The molecule has 0 aromatic rings. The summed E-state index contributed by atoms with van der Waals surface area (Å²) in [6.07, 6.45) is 5.78. The molecule has 0 saturated carbocycles. The van der Waals surface area contributed by atoms with Gasteiger partial charge < -0.3 is 15.0 Å². The molecule has 5 nitrogen and oxygen atoms in total. The molecular formula is C17H31N3O2. The molecule has 0 aromatic heterocycles. The summed E-state index contributed by atoms with van der Waals surface area (Å²) in [6.45, 7) is 6.70. The van der Waals surface area contributed by atoms with Crippen molar-refractivity contribution in [1.82, 2.24) is 15.1 Å². The van der Waals surface area contributed by atoms with Crippen molar-refractivity contribution in [3.05, 3.63) is 0 Å². The molecular weight excluding hydrogens is 278 g/mol. The molecule has 2 bridgehead atoms. The monoisotopic (exact) mass is 309 g/mol. The number of nitrogens with zero attached hydrogens (tertiary/aromatic N) is 2. The first-order valence-electron chi connectivity index (χ1n) is 8.92. The van der Waals surface area contributed by atoms with Crippen molar-refractivity contribution in [2.75, 3.05) is 39.9 Å². The van der Waals surface area contributed by atoms with E-state index in [2.05, 4.69) is 22.0 Å². The van der Waals surface area contributed by atoms with E-state index in [0.717, 1.165) is 39.2 Å². The van der Waals surface area contributed by atoms with E-state index < -0.39 is 0 Å². The second kappa shape index (κ2) is 7.28. The quantitative estimate of drug-likeness (QED) is 0.826. The van der Waals surface area contributed by atoms with Crippen molar-refractivity contribution < 1.29 is 9.53 Å². The van der Waals surface area contributed by atoms with Crippen molar-refractivity contribution in [1.29, 1.82) is 0 Å². The topological polar surface area (TPSA) is 44.8 Å². The van der Waals surface area contributed by atoms with Gasteiger partial charge in [-0.15, -0.1) is 0 Å². The minimum Gasteiger partial charge on any atom is -0.383 e. The highest BCUT2D eigenvalue weighted by atomic mass is 16.5. The van der Waals surface area contributed by atoms with Crippen LogP contribution in [0.25, 0.3) is 0 Å². The number of piperidine rings is 1. The van der Waals surface area contributed by atoms with Crippen LogP contribution in [0.4, 0.5) is 0 Å². The zero-order valence-corrected chi connectivity index (χ0v) is 14.1. The number of hydrogen-bond donors (Lipinski definition) is 1. The molecule has 0 aliphatic carbocycles. The number of hydrogen-bond acceptors (Lipinski definition) is 4. The molecule has 0 radical (unpaired) electrons. The summed E-state index contributed by atoms with van der Waals surface area (Å²) >= 11 is 0. The maximum Gasteiger partial charge on any atom is 0.222 e. The number of methoxy groups -OCH3 is 1. The molecule has 126 valence electrons. The molecule has 1 N–H and O–H groups in total. The van der Waals surface area contributed by atoms with Crippen LogP contribution in [0.2, 0.25) is 0 Å². The summed E-state index contributed by atoms with van der Waals surface area (Å²) in [5.74, 6) is 0.984. The average molecular weight is 309 g/mol. The highest BCUT2D eigenvalue weighted by Crippen LogP contribution is 2.33. The molecule has 3 unspecified atom stereocenters. The van der Waals surface area contributed by atoms with Gasteiger partial charge in [-0.2, -0.15) is 0 Å². The molecule has 5 heteroatoms. The van der Waals surface area contributed by atoms with Crippen LogP contribution in [0.3, 0.4) is 0 Å². The Morgan fingerprint density at radius 2 is 1.95 bits per heavy atom. The van der Waals surface area contributed by atoms with Gasteiger partial charge in [-0.25, -0.2) is 0 Å². The third-order valence-corrected chi connectivity index (χ3v) is 5.73. The number of fused-ring (bicyclic) bond motifs is 2. The lowest BCUT2D eigenvalue weighted by molar-refractivity contribution is -0.135. The van der Waals surface area contributed by atoms with Gasteiger partial charge in [0.25, 0.3) is 0 Å². The van der Waals surface area contributed by atoms with Gasteiger partial charge in [0, 0.05) is 57.8 Å². The molecule has 3 rings (SSSR count). The van der Waals surface area contributed by atoms with E-state index in [1.54, 1.807) is 7.11 Å². The standard InChI is InChI=1S/C17H31N3O2/c1-13-12-20(6-5-19(13)7-8-22-2)17(21)11-14-9-15-3-4-16(10-14)18-15/h13-16,18H,3-12H2,1-2H3. The van der Waals surface area contributed by atoms with Crippen LogP contribution in [0.1, 0.15) is 39.0 Å². The molecule has 0 aromatic carbocycles. The van der Waals surface area contributed by atoms with Gasteiger partial charge in [0.2, 0.25) is 5.91 Å². The second-order valence-electron chi connectivity index (χ2n) is 7.40. The lowest BCUT2D eigenvalue weighted by atomic mass is 9.89. The Hall–Kier alpha value is -0.650. The number of rotatable bonds is 5. The fourth-order valence-corrected chi connectivity index (χ4v) is 4.48. The smallest absolute Gasteiger partial charge is 0.222 e. The van der Waals surface area contributed by atoms with Gasteiger partial charge in [-0.3, -0.25) is 9.69 Å². The third-order valence-electron chi connectivity index (χ3n) is 5.73. The Labute approximate surface area is 134 Å². The van der Waals surface area contributed by atoms with E-state index >= 15 is 0 Å². The first-order chi connectivity index (χ1) is 10.7. The molecule has 3 heterocycles. The van der Waals surface area contributed by atoms with Crippen LogP contribution in [0, 0.1) is 5.92 Å². The van der Waals surface area contributed by atoms with Crippen LogP contribution < -0.4 is 5.32 Å². The molecule has 3 aliphatic rings. The Morgan fingerprint density at radius 1 is 1.23 bits per heavy atom. The van der Waals surface area contributed by atoms with Crippen LogP contribution in [-0.2, 0) is 9.53 Å². The summed E-state index contributed by atoms with van der Waals surface area (Å²) in [5, 5.41) is 3.66. The van der Waals surface area contributed by atoms with Gasteiger partial charge in [-0.05, 0) is 38.5 Å². The fourth-order valence-electron chi connectivity index (χ4n) is 4.48. The first kappa shape index (κ1) is 16.2. The molecule has 3 aliphatic heterocycles. The van der Waals surface area contributed by atoms with Gasteiger partial charge >= 0.3 is 0 Å². The molecule has 22 heavy (non-hydrogen) atoms. The van der Waals surface area contributed by atoms with Crippen molar-refractivity contribution >= 4 is 5.91 Å². The van der Waals surface area contributed by atoms with Crippen LogP contribution in [0.5, 0.6) is 0 Å². The number of nitrogens with one attached hydrogen (secondary N) is 1. The van der Waals surface area contributed by atoms with Gasteiger partial charge in [-0.1, -0.05) is 0 Å². The number of piperazine rings is 1. The predicted octanol–water partition coefficient (Wildman–Crippen LogP) is 1.09. The predicted molar refractivity (Wildman–Crippen MR) is 86.8 cm³/mol. The van der Waals surface area contributed by atoms with Crippen molar-refractivity contribution in [3.63, 3.8) is 0 Å². The first-order valence-corrected chi connectivity index (χ1v) is 8.92. The van der Waals surface area contributed by atoms with Crippen molar-refractivity contribution in [2.24, 2.45) is 5.92 Å². The summed E-state index contributed by atoms with van der Waals surface area (Å²) in [4.78, 5) is 17.2. The number of carbonyl (C=O) groups is 1. The Balaban J connectivity index is 1.45. The highest BCUT2D eigenvalue weighted by Gasteiger charge is 2.35. The molecule has 0 spiro atoms. The summed E-state index contributed by atoms with van der Waals surface area (Å²) in [6, 6.07) is 1.81. The minimum atomic E-state index is 0.379. The largest absolute Gasteiger partial charge is 0.383 e. The number of carbonyl (C=O) groups excluding carboxylic acids is 1. The van der Waals surface area contributed by atoms with E-state index in [0.29, 0.717) is 30.0 Å². The zero-order chi connectivity index (χ0) is 15.5. The second-order valence-corrected chi connectivity index (χ2v) is 7.40. The summed E-state index contributed by atoms with van der Waals surface area (Å²) in [5.41, 5.74) is 0. The SMILES string of the molecule is COCCN1CCN(C(=O)CC2CC3CCC(C2)N3)CC1C. The van der Waals surface area contributed by atoms with Crippen LogP contribution >= 0.6 is 0 Å². The zero-order valence-electron chi connectivity index (χ0n) is 14.1. The Bertz CT molecular complexity index is 378. The van der Waals surface area contributed by atoms with E-state index in [1.165, 1.54) is 25.7 Å². The van der Waals surface area contributed by atoms with E-state index in [-0.39, 0.29) is 0 Å². The van der Waals surface area contributed by atoms with Gasteiger partial charge in [0.1, 0.15) is 0 Å². The maximum atomic E-state index is 12.6. The summed E-state index contributed by atoms with van der Waals surface area (Å²) in [7, 11) is 1.75. The minimum absolute atomic E-state index is 0.379. The van der Waals surface area contributed by atoms with Gasteiger partial charge in [0.05, 0.1) is 6.61 Å². The van der Waals surface area contributed by atoms with Crippen molar-refractivity contribution in [2.45, 2.75) is 57.2 Å². The lowest BCUT2D eigenvalue weighted by Crippen LogP contribution is -2.54. The number of amides is 1.